The number of aromatic nitrogens is 2. The quantitative estimate of drug-likeness (QED) is 0.788. The number of H-pyrrole nitrogens is 1. The zero-order valence-electron chi connectivity index (χ0n) is 15.5. The Balaban J connectivity index is 0.00000225. The summed E-state index contributed by atoms with van der Waals surface area (Å²) in [6.07, 6.45) is 3.45. The molecule has 1 aliphatic heterocycles. The number of piperidine rings is 1. The van der Waals surface area contributed by atoms with E-state index < -0.39 is 6.04 Å². The maximum Gasteiger partial charge on any atom is 0.254 e. The summed E-state index contributed by atoms with van der Waals surface area (Å²) >= 11 is 0. The summed E-state index contributed by atoms with van der Waals surface area (Å²) in [6.45, 7) is 9.29. The smallest absolute Gasteiger partial charge is 0.254 e. The van der Waals surface area contributed by atoms with Crippen LogP contribution in [0.3, 0.4) is 0 Å². The van der Waals surface area contributed by atoms with Gasteiger partial charge >= 0.3 is 0 Å². The van der Waals surface area contributed by atoms with Crippen molar-refractivity contribution in [3.63, 3.8) is 0 Å². The SMILES string of the molecule is CC(N)C(=O)N1CCC2(CCc3c2nc(C(C)(C)C)[nH]c3=O)CC1.Cl. The van der Waals surface area contributed by atoms with E-state index in [9.17, 15) is 9.59 Å². The number of hydrogen-bond donors (Lipinski definition) is 2. The van der Waals surface area contributed by atoms with E-state index in [4.69, 9.17) is 10.7 Å². The molecule has 1 aliphatic carbocycles. The molecule has 0 saturated carbocycles. The van der Waals surface area contributed by atoms with E-state index in [1.807, 2.05) is 4.90 Å². The summed E-state index contributed by atoms with van der Waals surface area (Å²) < 4.78 is 0. The van der Waals surface area contributed by atoms with E-state index in [1.54, 1.807) is 6.92 Å². The monoisotopic (exact) mass is 368 g/mol. The Kier molecular flexibility index (Phi) is 5.36. The standard InChI is InChI=1S/C18H28N4O2.ClH/c1-11(19)15(24)22-9-7-18(8-10-22)6-5-12-13(18)20-16(17(2,3)4)21-14(12)23;/h11H,5-10,19H2,1-4H3,(H,20,21,23);1H. The van der Waals surface area contributed by atoms with Gasteiger partial charge in [0.2, 0.25) is 5.91 Å². The minimum atomic E-state index is -0.455. The number of likely N-dealkylation sites (tertiary alicyclic amines) is 1. The first-order chi connectivity index (χ1) is 11.1. The van der Waals surface area contributed by atoms with Crippen LogP contribution in [0.15, 0.2) is 4.79 Å². The van der Waals surface area contributed by atoms with Crippen LogP contribution >= 0.6 is 12.4 Å². The molecule has 7 heteroatoms. The van der Waals surface area contributed by atoms with Crippen LogP contribution in [-0.4, -0.2) is 39.9 Å². The minimum absolute atomic E-state index is 0. The number of halogens is 1. The number of fused-ring (bicyclic) bond motifs is 2. The molecule has 1 unspecified atom stereocenters. The van der Waals surface area contributed by atoms with Crippen LogP contribution < -0.4 is 11.3 Å². The third-order valence-corrected chi connectivity index (χ3v) is 5.50. The van der Waals surface area contributed by atoms with Gasteiger partial charge in [0.15, 0.2) is 0 Å². The maximum atomic E-state index is 12.5. The van der Waals surface area contributed by atoms with Gasteiger partial charge in [-0.25, -0.2) is 4.98 Å². The van der Waals surface area contributed by atoms with Crippen LogP contribution in [0.1, 0.15) is 64.0 Å². The van der Waals surface area contributed by atoms with Gasteiger partial charge in [-0.2, -0.15) is 0 Å². The highest BCUT2D eigenvalue weighted by molar-refractivity contribution is 5.85. The van der Waals surface area contributed by atoms with Gasteiger partial charge in [0, 0.05) is 29.5 Å². The van der Waals surface area contributed by atoms with E-state index in [0.29, 0.717) is 13.1 Å². The van der Waals surface area contributed by atoms with Crippen LogP contribution in [0.4, 0.5) is 0 Å². The topological polar surface area (TPSA) is 92.1 Å². The number of carbonyl (C=O) groups is 1. The van der Waals surface area contributed by atoms with Gasteiger partial charge in [-0.15, -0.1) is 12.4 Å². The molecule has 140 valence electrons. The molecule has 1 amide bonds. The van der Waals surface area contributed by atoms with Crippen LogP contribution in [-0.2, 0) is 22.0 Å². The van der Waals surface area contributed by atoms with Gasteiger partial charge in [-0.1, -0.05) is 20.8 Å². The average Bonchev–Trinajstić information content (AvgIpc) is 2.86. The van der Waals surface area contributed by atoms with Crippen LogP contribution in [0, 0.1) is 0 Å². The Morgan fingerprint density at radius 1 is 1.28 bits per heavy atom. The van der Waals surface area contributed by atoms with E-state index in [0.717, 1.165) is 42.8 Å². The fourth-order valence-corrected chi connectivity index (χ4v) is 3.94. The molecule has 25 heavy (non-hydrogen) atoms. The third kappa shape index (κ3) is 3.47. The molecule has 2 aliphatic rings. The number of amides is 1. The van der Waals surface area contributed by atoms with Crippen molar-refractivity contribution in [2.45, 2.75) is 70.3 Å². The van der Waals surface area contributed by atoms with Gasteiger partial charge in [0.1, 0.15) is 5.82 Å². The first-order valence-corrected chi connectivity index (χ1v) is 8.83. The highest BCUT2D eigenvalue weighted by atomic mass is 35.5. The molecule has 2 heterocycles. The number of nitrogens with one attached hydrogen (secondary N) is 1. The van der Waals surface area contributed by atoms with Gasteiger partial charge in [-0.3, -0.25) is 9.59 Å². The first kappa shape index (κ1) is 19.9. The molecule has 3 N–H and O–H groups in total. The highest BCUT2D eigenvalue weighted by Crippen LogP contribution is 2.44. The van der Waals surface area contributed by atoms with Crippen molar-refractivity contribution in [1.82, 2.24) is 14.9 Å². The lowest BCUT2D eigenvalue weighted by atomic mass is 9.76. The van der Waals surface area contributed by atoms with E-state index in [2.05, 4.69) is 25.8 Å². The van der Waals surface area contributed by atoms with E-state index >= 15 is 0 Å². The molecule has 0 radical (unpaired) electrons. The largest absolute Gasteiger partial charge is 0.341 e. The number of nitrogens with zero attached hydrogens (tertiary/aromatic N) is 2. The number of nitrogens with two attached hydrogens (primary N) is 1. The third-order valence-electron chi connectivity index (χ3n) is 5.50. The van der Waals surface area contributed by atoms with Gasteiger partial charge < -0.3 is 15.6 Å². The fraction of sp³-hybridized carbons (Fsp3) is 0.722. The van der Waals surface area contributed by atoms with Crippen LogP contribution in [0.5, 0.6) is 0 Å². The number of rotatable bonds is 1. The minimum Gasteiger partial charge on any atom is -0.341 e. The highest BCUT2D eigenvalue weighted by Gasteiger charge is 2.45. The normalized spacial score (nSPS) is 20.1. The van der Waals surface area contributed by atoms with Crippen molar-refractivity contribution < 1.29 is 4.79 Å². The Bertz CT molecular complexity index is 713. The Morgan fingerprint density at radius 3 is 2.40 bits per heavy atom. The van der Waals surface area contributed by atoms with Gasteiger partial charge in [0.05, 0.1) is 11.7 Å². The Labute approximate surface area is 155 Å². The molecule has 0 aromatic carbocycles. The predicted octanol–water partition coefficient (Wildman–Crippen LogP) is 1.64. The lowest BCUT2D eigenvalue weighted by Crippen LogP contribution is -2.49. The predicted molar refractivity (Wildman–Crippen MR) is 100 cm³/mol. The molecule has 1 spiro atoms. The van der Waals surface area contributed by atoms with Crippen molar-refractivity contribution in [1.29, 1.82) is 0 Å². The molecular formula is C18H29ClN4O2. The Morgan fingerprint density at radius 2 is 1.88 bits per heavy atom. The summed E-state index contributed by atoms with van der Waals surface area (Å²) in [6, 6.07) is -0.455. The second kappa shape index (κ2) is 6.72. The fourth-order valence-electron chi connectivity index (χ4n) is 3.94. The second-order valence-electron chi connectivity index (χ2n) is 8.39. The maximum absolute atomic E-state index is 12.5. The summed E-state index contributed by atoms with van der Waals surface area (Å²) in [5, 5.41) is 0. The van der Waals surface area contributed by atoms with Crippen molar-refractivity contribution in [2.75, 3.05) is 13.1 Å². The summed E-state index contributed by atoms with van der Waals surface area (Å²) in [5.41, 5.74) is 7.31. The first-order valence-electron chi connectivity index (χ1n) is 8.83. The number of aromatic amines is 1. The zero-order valence-corrected chi connectivity index (χ0v) is 16.3. The Hall–Kier alpha value is -1.40. The number of carbonyl (C=O) groups excluding carboxylic acids is 1. The van der Waals surface area contributed by atoms with Crippen molar-refractivity contribution >= 4 is 18.3 Å². The second-order valence-corrected chi connectivity index (χ2v) is 8.39. The van der Waals surface area contributed by atoms with Crippen molar-refractivity contribution in [3.8, 4) is 0 Å². The average molecular weight is 369 g/mol. The zero-order chi connectivity index (χ0) is 17.7. The lowest BCUT2D eigenvalue weighted by molar-refractivity contribution is -0.133. The van der Waals surface area contributed by atoms with Crippen LogP contribution in [0.2, 0.25) is 0 Å². The van der Waals surface area contributed by atoms with Gasteiger partial charge in [0.25, 0.3) is 5.56 Å². The summed E-state index contributed by atoms with van der Waals surface area (Å²) in [4.78, 5) is 34.3. The molecule has 1 atom stereocenters. The molecule has 0 bridgehead atoms. The summed E-state index contributed by atoms with van der Waals surface area (Å²) in [7, 11) is 0. The van der Waals surface area contributed by atoms with Gasteiger partial charge in [-0.05, 0) is 32.6 Å². The number of hydrogen-bond acceptors (Lipinski definition) is 4. The van der Waals surface area contributed by atoms with E-state index in [-0.39, 0.29) is 34.7 Å². The van der Waals surface area contributed by atoms with Crippen molar-refractivity contribution in [3.05, 3.63) is 27.4 Å². The van der Waals surface area contributed by atoms with Crippen molar-refractivity contribution in [2.24, 2.45) is 5.73 Å². The molecule has 1 fully saturated rings. The lowest BCUT2D eigenvalue weighted by Gasteiger charge is -2.40. The van der Waals surface area contributed by atoms with Crippen LogP contribution in [0.25, 0.3) is 0 Å². The molecule has 6 nitrogen and oxygen atoms in total. The summed E-state index contributed by atoms with van der Waals surface area (Å²) in [5.74, 6) is 0.763. The molecule has 1 saturated heterocycles. The molecule has 1 aromatic rings. The van der Waals surface area contributed by atoms with E-state index in [1.165, 1.54) is 0 Å². The molecular weight excluding hydrogens is 340 g/mol. The molecule has 3 rings (SSSR count). The molecule has 1 aromatic heterocycles.